The number of nitrogens with one attached hydrogen (secondary N) is 1. The summed E-state index contributed by atoms with van der Waals surface area (Å²) in [6.07, 6.45) is 5.79. The molecule has 88 valence electrons. The Labute approximate surface area is 103 Å². The minimum Gasteiger partial charge on any atom is -0.314 e. The molecule has 1 N–H and O–H groups in total. The van der Waals surface area contributed by atoms with Gasteiger partial charge >= 0.3 is 0 Å². The number of thiazole rings is 1. The van der Waals surface area contributed by atoms with Crippen molar-refractivity contribution in [2.75, 3.05) is 7.05 Å². The van der Waals surface area contributed by atoms with E-state index in [1.807, 2.05) is 30.1 Å². The van der Waals surface area contributed by atoms with Gasteiger partial charge in [-0.1, -0.05) is 0 Å². The van der Waals surface area contributed by atoms with Gasteiger partial charge in [-0.15, -0.1) is 11.3 Å². The number of rotatable bonds is 3. The van der Waals surface area contributed by atoms with Crippen LogP contribution in [0.3, 0.4) is 0 Å². The average molecular weight is 247 g/mol. The van der Waals surface area contributed by atoms with Crippen molar-refractivity contribution in [3.05, 3.63) is 35.5 Å². The SMILES string of the molecule is CNCc1c(-n2ccnc2C)nc2sccn12. The maximum atomic E-state index is 4.66. The topological polar surface area (TPSA) is 47.2 Å². The standard InChI is InChI=1S/C11H13N5S/c1-8-13-3-4-15(8)10-9(7-12-2)16-5-6-17-11(16)14-10/h3-6,12H,7H2,1-2H3. The zero-order valence-corrected chi connectivity index (χ0v) is 10.5. The molecule has 3 aromatic heterocycles. The zero-order chi connectivity index (χ0) is 11.8. The molecule has 0 fully saturated rings. The Kier molecular flexibility index (Phi) is 2.45. The Morgan fingerprint density at radius 2 is 2.29 bits per heavy atom. The smallest absolute Gasteiger partial charge is 0.195 e. The summed E-state index contributed by atoms with van der Waals surface area (Å²) in [5, 5.41) is 5.23. The van der Waals surface area contributed by atoms with Crippen LogP contribution >= 0.6 is 11.3 Å². The molecule has 0 unspecified atom stereocenters. The lowest BCUT2D eigenvalue weighted by Crippen LogP contribution is -2.10. The van der Waals surface area contributed by atoms with Gasteiger partial charge in [0.2, 0.25) is 0 Å². The summed E-state index contributed by atoms with van der Waals surface area (Å²) in [7, 11) is 1.94. The second-order valence-electron chi connectivity index (χ2n) is 3.81. The largest absolute Gasteiger partial charge is 0.314 e. The van der Waals surface area contributed by atoms with Crippen molar-refractivity contribution in [3.8, 4) is 5.82 Å². The summed E-state index contributed by atoms with van der Waals surface area (Å²) in [5.41, 5.74) is 1.16. The summed E-state index contributed by atoms with van der Waals surface area (Å²) in [4.78, 5) is 9.92. The maximum absolute atomic E-state index is 4.66. The third-order valence-electron chi connectivity index (χ3n) is 2.74. The van der Waals surface area contributed by atoms with Gasteiger partial charge in [0.05, 0.1) is 5.69 Å². The first kappa shape index (κ1) is 10.5. The Hall–Kier alpha value is -1.66. The van der Waals surface area contributed by atoms with Crippen LogP contribution in [-0.2, 0) is 6.54 Å². The van der Waals surface area contributed by atoms with Crippen molar-refractivity contribution < 1.29 is 0 Å². The molecular formula is C11H13N5S. The summed E-state index contributed by atoms with van der Waals surface area (Å²) < 4.78 is 4.14. The van der Waals surface area contributed by atoms with E-state index in [9.17, 15) is 0 Å². The van der Waals surface area contributed by atoms with Crippen LogP contribution in [0.1, 0.15) is 11.5 Å². The molecule has 0 amide bonds. The molecule has 0 spiro atoms. The van der Waals surface area contributed by atoms with Gasteiger partial charge in [0.25, 0.3) is 0 Å². The van der Waals surface area contributed by atoms with Crippen LogP contribution in [0.4, 0.5) is 0 Å². The molecule has 17 heavy (non-hydrogen) atoms. The van der Waals surface area contributed by atoms with Gasteiger partial charge in [-0.05, 0) is 14.0 Å². The van der Waals surface area contributed by atoms with Gasteiger partial charge in [0.1, 0.15) is 5.82 Å². The molecule has 0 aliphatic carbocycles. The van der Waals surface area contributed by atoms with Gasteiger partial charge < -0.3 is 5.32 Å². The lowest BCUT2D eigenvalue weighted by atomic mass is 10.4. The first-order chi connectivity index (χ1) is 8.31. The van der Waals surface area contributed by atoms with Crippen LogP contribution in [0, 0.1) is 6.92 Å². The van der Waals surface area contributed by atoms with Crippen LogP contribution in [-0.4, -0.2) is 26.0 Å². The Bertz CT molecular complexity index is 648. The highest BCUT2D eigenvalue weighted by molar-refractivity contribution is 7.15. The second kappa shape index (κ2) is 3.97. The maximum Gasteiger partial charge on any atom is 0.195 e. The first-order valence-electron chi connectivity index (χ1n) is 5.40. The number of nitrogens with zero attached hydrogens (tertiary/aromatic N) is 4. The van der Waals surface area contributed by atoms with Crippen molar-refractivity contribution in [1.82, 2.24) is 24.3 Å². The molecule has 0 saturated heterocycles. The van der Waals surface area contributed by atoms with Crippen LogP contribution < -0.4 is 5.32 Å². The molecular weight excluding hydrogens is 234 g/mol. The molecule has 6 heteroatoms. The minimum atomic E-state index is 0.783. The molecule has 3 rings (SSSR count). The number of aryl methyl sites for hydroxylation is 1. The van der Waals surface area contributed by atoms with Gasteiger partial charge in [0.15, 0.2) is 10.8 Å². The van der Waals surface area contributed by atoms with Crippen LogP contribution in [0.2, 0.25) is 0 Å². The number of fused-ring (bicyclic) bond motifs is 1. The third kappa shape index (κ3) is 1.57. The minimum absolute atomic E-state index is 0.783. The highest BCUT2D eigenvalue weighted by atomic mass is 32.1. The Morgan fingerprint density at radius 3 is 3.00 bits per heavy atom. The van der Waals surface area contributed by atoms with Crippen molar-refractivity contribution in [1.29, 1.82) is 0 Å². The van der Waals surface area contributed by atoms with E-state index in [2.05, 4.69) is 25.9 Å². The summed E-state index contributed by atoms with van der Waals surface area (Å²) >= 11 is 1.64. The molecule has 0 atom stereocenters. The van der Waals surface area contributed by atoms with Crippen LogP contribution in [0.25, 0.3) is 10.8 Å². The van der Waals surface area contributed by atoms with Crippen LogP contribution in [0.15, 0.2) is 24.0 Å². The number of hydrogen-bond donors (Lipinski definition) is 1. The van der Waals surface area contributed by atoms with Gasteiger partial charge in [-0.25, -0.2) is 9.97 Å². The monoisotopic (exact) mass is 247 g/mol. The highest BCUT2D eigenvalue weighted by Gasteiger charge is 2.14. The quantitative estimate of drug-likeness (QED) is 0.765. The van der Waals surface area contributed by atoms with Crippen molar-refractivity contribution in [3.63, 3.8) is 0 Å². The summed E-state index contributed by atoms with van der Waals surface area (Å²) in [5.74, 6) is 1.91. The fraction of sp³-hybridized carbons (Fsp3) is 0.273. The van der Waals surface area contributed by atoms with Gasteiger partial charge in [-0.2, -0.15) is 0 Å². The van der Waals surface area contributed by atoms with Gasteiger partial charge in [-0.3, -0.25) is 8.97 Å². The van der Waals surface area contributed by atoms with E-state index in [0.717, 1.165) is 28.8 Å². The van der Waals surface area contributed by atoms with E-state index in [1.54, 1.807) is 17.5 Å². The summed E-state index contributed by atoms with van der Waals surface area (Å²) in [6.45, 7) is 2.77. The van der Waals surface area contributed by atoms with E-state index in [-0.39, 0.29) is 0 Å². The number of hydrogen-bond acceptors (Lipinski definition) is 4. The molecule has 0 saturated carbocycles. The van der Waals surface area contributed by atoms with E-state index >= 15 is 0 Å². The molecule has 3 heterocycles. The van der Waals surface area contributed by atoms with Crippen molar-refractivity contribution >= 4 is 16.3 Å². The third-order valence-corrected chi connectivity index (χ3v) is 3.49. The van der Waals surface area contributed by atoms with E-state index in [4.69, 9.17) is 0 Å². The zero-order valence-electron chi connectivity index (χ0n) is 9.71. The van der Waals surface area contributed by atoms with E-state index in [1.165, 1.54) is 0 Å². The molecule has 0 aliphatic rings. The fourth-order valence-electron chi connectivity index (χ4n) is 1.95. The van der Waals surface area contributed by atoms with E-state index < -0.39 is 0 Å². The number of aromatic nitrogens is 4. The molecule has 3 aromatic rings. The molecule has 0 aromatic carbocycles. The normalized spacial score (nSPS) is 11.4. The molecule has 0 radical (unpaired) electrons. The first-order valence-corrected chi connectivity index (χ1v) is 6.28. The molecule has 5 nitrogen and oxygen atoms in total. The predicted molar refractivity (Wildman–Crippen MR) is 67.7 cm³/mol. The Balaban J connectivity index is 2.24. The average Bonchev–Trinajstić information content (AvgIpc) is 2.96. The van der Waals surface area contributed by atoms with Crippen molar-refractivity contribution in [2.45, 2.75) is 13.5 Å². The highest BCUT2D eigenvalue weighted by Crippen LogP contribution is 2.21. The lowest BCUT2D eigenvalue weighted by Gasteiger charge is -2.05. The predicted octanol–water partition coefficient (Wildman–Crippen LogP) is 1.61. The van der Waals surface area contributed by atoms with Crippen LogP contribution in [0.5, 0.6) is 0 Å². The van der Waals surface area contributed by atoms with E-state index in [0.29, 0.717) is 0 Å². The molecule has 0 bridgehead atoms. The second-order valence-corrected chi connectivity index (χ2v) is 4.69. The van der Waals surface area contributed by atoms with Gasteiger partial charge in [0, 0.05) is 30.5 Å². The summed E-state index contributed by atoms with van der Waals surface area (Å²) in [6, 6.07) is 0. The van der Waals surface area contributed by atoms with Crippen molar-refractivity contribution in [2.24, 2.45) is 0 Å². The lowest BCUT2D eigenvalue weighted by molar-refractivity contribution is 0.769. The number of imidazole rings is 2. The molecule has 0 aliphatic heterocycles. The fourth-order valence-corrected chi connectivity index (χ4v) is 2.68. The Morgan fingerprint density at radius 1 is 1.41 bits per heavy atom.